The maximum absolute atomic E-state index is 12.4. The fourth-order valence-electron chi connectivity index (χ4n) is 2.44. The molecule has 0 atom stereocenters. The highest BCUT2D eigenvalue weighted by atomic mass is 16.5. The minimum atomic E-state index is -0.182. The molecule has 2 rings (SSSR count). The number of hydrogen-bond donors (Lipinski definition) is 1. The van der Waals surface area contributed by atoms with Crippen LogP contribution in [0.2, 0.25) is 0 Å². The maximum Gasteiger partial charge on any atom is 0.255 e. The van der Waals surface area contributed by atoms with Crippen molar-refractivity contribution >= 4 is 5.91 Å². The molecule has 0 fully saturated rings. The highest BCUT2D eigenvalue weighted by Crippen LogP contribution is 2.28. The molecule has 128 valence electrons. The Morgan fingerprint density at radius 2 is 1.62 bits per heavy atom. The van der Waals surface area contributed by atoms with Crippen LogP contribution in [0.1, 0.15) is 21.5 Å². The Labute approximate surface area is 142 Å². The van der Waals surface area contributed by atoms with E-state index in [0.29, 0.717) is 23.6 Å². The number of methoxy groups -OCH3 is 3. The van der Waals surface area contributed by atoms with Gasteiger partial charge in [-0.3, -0.25) is 4.79 Å². The zero-order valence-electron chi connectivity index (χ0n) is 14.5. The molecule has 0 bridgehead atoms. The molecular weight excluding hydrogens is 306 g/mol. The summed E-state index contributed by atoms with van der Waals surface area (Å²) in [6.07, 6.45) is 0.737. The van der Waals surface area contributed by atoms with Gasteiger partial charge in [0, 0.05) is 6.54 Å². The van der Waals surface area contributed by atoms with Gasteiger partial charge in [-0.25, -0.2) is 0 Å². The number of carbonyl (C=O) groups excluding carboxylic acids is 1. The average molecular weight is 329 g/mol. The van der Waals surface area contributed by atoms with Gasteiger partial charge in [-0.15, -0.1) is 0 Å². The molecule has 2 aromatic carbocycles. The lowest BCUT2D eigenvalue weighted by Crippen LogP contribution is -2.26. The Hall–Kier alpha value is -2.69. The van der Waals surface area contributed by atoms with Crippen LogP contribution in [-0.2, 0) is 6.42 Å². The fourth-order valence-corrected chi connectivity index (χ4v) is 2.44. The van der Waals surface area contributed by atoms with Crippen molar-refractivity contribution in [3.63, 3.8) is 0 Å². The van der Waals surface area contributed by atoms with Crippen LogP contribution in [0.3, 0.4) is 0 Å². The largest absolute Gasteiger partial charge is 0.497 e. The van der Waals surface area contributed by atoms with Gasteiger partial charge < -0.3 is 19.5 Å². The standard InChI is InChI=1S/C19H23NO4/c1-13-11-18(24-4)16(12-17(13)23-3)19(21)20-10-9-14-5-7-15(22-2)8-6-14/h5-8,11-12H,9-10H2,1-4H3,(H,20,21). The summed E-state index contributed by atoms with van der Waals surface area (Å²) in [4.78, 5) is 12.4. The predicted molar refractivity (Wildman–Crippen MR) is 93.3 cm³/mol. The van der Waals surface area contributed by atoms with Crippen molar-refractivity contribution < 1.29 is 19.0 Å². The van der Waals surface area contributed by atoms with Gasteiger partial charge in [0.1, 0.15) is 17.2 Å². The van der Waals surface area contributed by atoms with Crippen LogP contribution in [0.25, 0.3) is 0 Å². The summed E-state index contributed by atoms with van der Waals surface area (Å²) in [7, 11) is 4.77. The minimum Gasteiger partial charge on any atom is -0.497 e. The van der Waals surface area contributed by atoms with Crippen LogP contribution >= 0.6 is 0 Å². The SMILES string of the molecule is COc1ccc(CCNC(=O)c2cc(OC)c(C)cc2OC)cc1. The number of amides is 1. The van der Waals surface area contributed by atoms with Crippen LogP contribution < -0.4 is 19.5 Å². The monoisotopic (exact) mass is 329 g/mol. The van der Waals surface area contributed by atoms with Crippen molar-refractivity contribution in [2.24, 2.45) is 0 Å². The zero-order chi connectivity index (χ0) is 17.5. The van der Waals surface area contributed by atoms with Gasteiger partial charge in [-0.2, -0.15) is 0 Å². The lowest BCUT2D eigenvalue weighted by molar-refractivity contribution is 0.0950. The summed E-state index contributed by atoms with van der Waals surface area (Å²) in [5.74, 6) is 1.84. The van der Waals surface area contributed by atoms with Crippen LogP contribution in [0.5, 0.6) is 17.2 Å². The molecule has 0 saturated heterocycles. The molecular formula is C19H23NO4. The van der Waals surface area contributed by atoms with E-state index >= 15 is 0 Å². The number of nitrogens with one attached hydrogen (secondary N) is 1. The Morgan fingerprint density at radius 1 is 0.958 bits per heavy atom. The molecule has 0 aliphatic heterocycles. The lowest BCUT2D eigenvalue weighted by Gasteiger charge is -2.13. The van der Waals surface area contributed by atoms with Crippen molar-refractivity contribution in [3.8, 4) is 17.2 Å². The lowest BCUT2D eigenvalue weighted by atomic mass is 10.1. The predicted octanol–water partition coefficient (Wildman–Crippen LogP) is 2.99. The Balaban J connectivity index is 2.01. The van der Waals surface area contributed by atoms with Crippen LogP contribution in [0.4, 0.5) is 0 Å². The normalized spacial score (nSPS) is 10.2. The number of ether oxygens (including phenoxy) is 3. The smallest absolute Gasteiger partial charge is 0.255 e. The molecule has 1 N–H and O–H groups in total. The van der Waals surface area contributed by atoms with E-state index in [9.17, 15) is 4.79 Å². The van der Waals surface area contributed by atoms with Gasteiger partial charge >= 0.3 is 0 Å². The maximum atomic E-state index is 12.4. The van der Waals surface area contributed by atoms with Gasteiger partial charge in [-0.05, 0) is 48.7 Å². The first-order chi connectivity index (χ1) is 11.6. The average Bonchev–Trinajstić information content (AvgIpc) is 2.61. The number of hydrogen-bond acceptors (Lipinski definition) is 4. The second-order valence-electron chi connectivity index (χ2n) is 5.38. The van der Waals surface area contributed by atoms with E-state index in [2.05, 4.69) is 5.32 Å². The topological polar surface area (TPSA) is 56.8 Å². The second kappa shape index (κ2) is 8.24. The first kappa shape index (κ1) is 17.7. The van der Waals surface area contributed by atoms with E-state index in [-0.39, 0.29) is 5.91 Å². The van der Waals surface area contributed by atoms with E-state index in [1.807, 2.05) is 31.2 Å². The molecule has 1 amide bonds. The summed E-state index contributed by atoms with van der Waals surface area (Å²) in [6, 6.07) is 11.3. The molecule has 0 saturated carbocycles. The van der Waals surface area contributed by atoms with Crippen molar-refractivity contribution in [2.45, 2.75) is 13.3 Å². The molecule has 0 aliphatic rings. The van der Waals surface area contributed by atoms with E-state index in [4.69, 9.17) is 14.2 Å². The van der Waals surface area contributed by atoms with Gasteiger partial charge in [0.2, 0.25) is 0 Å². The first-order valence-electron chi connectivity index (χ1n) is 7.72. The van der Waals surface area contributed by atoms with Gasteiger partial charge in [-0.1, -0.05) is 12.1 Å². The second-order valence-corrected chi connectivity index (χ2v) is 5.38. The summed E-state index contributed by atoms with van der Waals surface area (Å²) in [6.45, 7) is 2.44. The third-order valence-electron chi connectivity index (χ3n) is 3.82. The van der Waals surface area contributed by atoms with Crippen molar-refractivity contribution in [1.29, 1.82) is 0 Å². The molecule has 2 aromatic rings. The van der Waals surface area contributed by atoms with Crippen molar-refractivity contribution in [3.05, 3.63) is 53.1 Å². The molecule has 0 aliphatic carbocycles. The number of benzene rings is 2. The third kappa shape index (κ3) is 4.19. The Bertz CT molecular complexity index is 695. The molecule has 0 radical (unpaired) electrons. The third-order valence-corrected chi connectivity index (χ3v) is 3.82. The van der Waals surface area contributed by atoms with E-state index in [1.54, 1.807) is 33.5 Å². The van der Waals surface area contributed by atoms with Gasteiger partial charge in [0.15, 0.2) is 0 Å². The number of carbonyl (C=O) groups is 1. The number of aryl methyl sites for hydroxylation is 1. The van der Waals surface area contributed by atoms with Crippen molar-refractivity contribution in [2.75, 3.05) is 27.9 Å². The van der Waals surface area contributed by atoms with E-state index in [0.717, 1.165) is 23.3 Å². The molecule has 0 aromatic heterocycles. The summed E-state index contributed by atoms with van der Waals surface area (Å²) < 4.78 is 15.7. The zero-order valence-corrected chi connectivity index (χ0v) is 14.5. The molecule has 24 heavy (non-hydrogen) atoms. The van der Waals surface area contributed by atoms with Crippen molar-refractivity contribution in [1.82, 2.24) is 5.32 Å². The fraction of sp³-hybridized carbons (Fsp3) is 0.316. The van der Waals surface area contributed by atoms with Gasteiger partial charge in [0.25, 0.3) is 5.91 Å². The summed E-state index contributed by atoms with van der Waals surface area (Å²) in [5, 5.41) is 2.92. The summed E-state index contributed by atoms with van der Waals surface area (Å²) >= 11 is 0. The van der Waals surface area contributed by atoms with E-state index < -0.39 is 0 Å². The highest BCUT2D eigenvalue weighted by molar-refractivity contribution is 5.97. The quantitative estimate of drug-likeness (QED) is 0.848. The first-order valence-corrected chi connectivity index (χ1v) is 7.72. The molecule has 0 spiro atoms. The van der Waals surface area contributed by atoms with Crippen LogP contribution in [0.15, 0.2) is 36.4 Å². The van der Waals surface area contributed by atoms with Gasteiger partial charge in [0.05, 0.1) is 26.9 Å². The van der Waals surface area contributed by atoms with E-state index in [1.165, 1.54) is 0 Å². The molecule has 0 heterocycles. The molecule has 0 unspecified atom stereocenters. The van der Waals surface area contributed by atoms with Crippen LogP contribution in [0, 0.1) is 6.92 Å². The molecule has 5 heteroatoms. The number of rotatable bonds is 7. The molecule has 5 nitrogen and oxygen atoms in total. The minimum absolute atomic E-state index is 0.182. The Morgan fingerprint density at radius 3 is 2.21 bits per heavy atom. The highest BCUT2D eigenvalue weighted by Gasteiger charge is 2.15. The van der Waals surface area contributed by atoms with Crippen LogP contribution in [-0.4, -0.2) is 33.8 Å². The Kier molecular flexibility index (Phi) is 6.07. The summed E-state index contributed by atoms with van der Waals surface area (Å²) in [5.41, 5.74) is 2.52.